The first-order chi connectivity index (χ1) is 15.3. The Balaban J connectivity index is 1.44. The Morgan fingerprint density at radius 3 is 2.66 bits per heavy atom. The van der Waals surface area contributed by atoms with Gasteiger partial charge in [-0.25, -0.2) is 0 Å². The Labute approximate surface area is 196 Å². The standard InChI is InChI=1S/C23H23N3O4S2/c1-16-9-11-18(12-10-16)24-21(27)8-3-2-4-13-25-22(28)20(32-23(25)31)15-17-6-5-7-19(14-17)26(29)30/h5-7,9-12,14-15H,2-4,8,13H2,1H3,(H,24,27)/b20-15-. The fourth-order valence-electron chi connectivity index (χ4n) is 3.16. The van der Waals surface area contributed by atoms with Gasteiger partial charge in [0.1, 0.15) is 4.32 Å². The van der Waals surface area contributed by atoms with Crippen molar-refractivity contribution in [2.24, 2.45) is 0 Å². The quantitative estimate of drug-likeness (QED) is 0.176. The average molecular weight is 470 g/mol. The van der Waals surface area contributed by atoms with Crippen LogP contribution in [0.1, 0.15) is 36.8 Å². The minimum atomic E-state index is -0.469. The van der Waals surface area contributed by atoms with E-state index in [1.165, 1.54) is 23.9 Å². The van der Waals surface area contributed by atoms with Gasteiger partial charge in [0, 0.05) is 30.8 Å². The van der Waals surface area contributed by atoms with Gasteiger partial charge in [-0.05, 0) is 43.5 Å². The number of nitrogens with zero attached hydrogens (tertiary/aromatic N) is 2. The Hall–Kier alpha value is -3.04. The first-order valence-corrected chi connectivity index (χ1v) is 11.4. The minimum absolute atomic E-state index is 0.0272. The Morgan fingerprint density at radius 1 is 1.19 bits per heavy atom. The molecule has 0 spiro atoms. The highest BCUT2D eigenvalue weighted by Crippen LogP contribution is 2.33. The molecule has 9 heteroatoms. The number of nitro groups is 1. The van der Waals surface area contributed by atoms with Crippen LogP contribution in [0.4, 0.5) is 11.4 Å². The van der Waals surface area contributed by atoms with E-state index in [2.05, 4.69) is 5.32 Å². The third kappa shape index (κ3) is 6.48. The summed E-state index contributed by atoms with van der Waals surface area (Å²) in [5, 5.41) is 13.8. The van der Waals surface area contributed by atoms with Crippen molar-refractivity contribution in [1.82, 2.24) is 4.90 Å². The van der Waals surface area contributed by atoms with Crippen molar-refractivity contribution < 1.29 is 14.5 Å². The van der Waals surface area contributed by atoms with Crippen LogP contribution in [0.15, 0.2) is 53.4 Å². The average Bonchev–Trinajstić information content (AvgIpc) is 3.02. The number of aryl methyl sites for hydroxylation is 1. The fraction of sp³-hybridized carbons (Fsp3) is 0.261. The number of unbranched alkanes of at least 4 members (excludes halogenated alkanes) is 2. The third-order valence-corrected chi connectivity index (χ3v) is 6.25. The number of amides is 2. The number of thiocarbonyl (C=S) groups is 1. The number of benzene rings is 2. The van der Waals surface area contributed by atoms with Gasteiger partial charge in [0.15, 0.2) is 0 Å². The van der Waals surface area contributed by atoms with Gasteiger partial charge in [-0.15, -0.1) is 0 Å². The smallest absolute Gasteiger partial charge is 0.270 e. The van der Waals surface area contributed by atoms with E-state index >= 15 is 0 Å². The number of thioether (sulfide) groups is 1. The maximum absolute atomic E-state index is 12.7. The highest BCUT2D eigenvalue weighted by atomic mass is 32.2. The molecule has 0 aromatic heterocycles. The van der Waals surface area contributed by atoms with Gasteiger partial charge in [0.2, 0.25) is 5.91 Å². The second-order valence-corrected chi connectivity index (χ2v) is 9.09. The van der Waals surface area contributed by atoms with Gasteiger partial charge >= 0.3 is 0 Å². The maximum Gasteiger partial charge on any atom is 0.270 e. The molecule has 0 radical (unpaired) electrons. The first kappa shape index (κ1) is 23.6. The topological polar surface area (TPSA) is 92.6 Å². The van der Waals surface area contributed by atoms with E-state index in [1.807, 2.05) is 31.2 Å². The molecule has 2 amide bonds. The molecule has 2 aromatic carbocycles. The highest BCUT2D eigenvalue weighted by Gasteiger charge is 2.31. The van der Waals surface area contributed by atoms with Crippen LogP contribution in [0.2, 0.25) is 0 Å². The second-order valence-electron chi connectivity index (χ2n) is 7.41. The summed E-state index contributed by atoms with van der Waals surface area (Å²) >= 11 is 6.53. The summed E-state index contributed by atoms with van der Waals surface area (Å²) in [6.45, 7) is 2.48. The molecule has 1 N–H and O–H groups in total. The molecule has 7 nitrogen and oxygen atoms in total. The van der Waals surface area contributed by atoms with Gasteiger partial charge in [-0.2, -0.15) is 0 Å². The van der Waals surface area contributed by atoms with E-state index in [4.69, 9.17) is 12.2 Å². The number of carbonyl (C=O) groups is 2. The number of anilines is 1. The summed E-state index contributed by atoms with van der Waals surface area (Å²) < 4.78 is 0.476. The zero-order valence-electron chi connectivity index (χ0n) is 17.6. The summed E-state index contributed by atoms with van der Waals surface area (Å²) in [6.07, 6.45) is 4.29. The lowest BCUT2D eigenvalue weighted by Crippen LogP contribution is -2.29. The second kappa shape index (κ2) is 11.0. The van der Waals surface area contributed by atoms with Gasteiger partial charge in [0.25, 0.3) is 11.6 Å². The molecule has 0 saturated carbocycles. The third-order valence-electron chi connectivity index (χ3n) is 4.87. The van der Waals surface area contributed by atoms with E-state index in [1.54, 1.807) is 23.1 Å². The predicted octanol–water partition coefficient (Wildman–Crippen LogP) is 5.30. The van der Waals surface area contributed by atoms with Crippen LogP contribution >= 0.6 is 24.0 Å². The van der Waals surface area contributed by atoms with Gasteiger partial charge in [-0.3, -0.25) is 24.6 Å². The van der Waals surface area contributed by atoms with Crippen LogP contribution in [0.5, 0.6) is 0 Å². The number of hydrogen-bond acceptors (Lipinski definition) is 6. The number of hydrogen-bond donors (Lipinski definition) is 1. The molecule has 166 valence electrons. The van der Waals surface area contributed by atoms with Crippen molar-refractivity contribution in [3.63, 3.8) is 0 Å². The van der Waals surface area contributed by atoms with Crippen LogP contribution in [-0.4, -0.2) is 32.5 Å². The molecule has 1 aliphatic heterocycles. The van der Waals surface area contributed by atoms with Crippen molar-refractivity contribution in [1.29, 1.82) is 0 Å². The van der Waals surface area contributed by atoms with Gasteiger partial charge < -0.3 is 5.32 Å². The summed E-state index contributed by atoms with van der Waals surface area (Å²) in [5.41, 5.74) is 2.48. The number of nitro benzene ring substituents is 1. The van der Waals surface area contributed by atoms with E-state index in [-0.39, 0.29) is 17.5 Å². The highest BCUT2D eigenvalue weighted by molar-refractivity contribution is 8.26. The lowest BCUT2D eigenvalue weighted by atomic mass is 10.1. The molecular weight excluding hydrogens is 446 g/mol. The molecule has 1 saturated heterocycles. The van der Waals surface area contributed by atoms with E-state index in [9.17, 15) is 19.7 Å². The predicted molar refractivity (Wildman–Crippen MR) is 131 cm³/mol. The van der Waals surface area contributed by atoms with E-state index in [0.717, 1.165) is 30.5 Å². The van der Waals surface area contributed by atoms with E-state index in [0.29, 0.717) is 27.8 Å². The maximum atomic E-state index is 12.7. The van der Waals surface area contributed by atoms with Gasteiger partial charge in [0.05, 0.1) is 9.83 Å². The SMILES string of the molecule is Cc1ccc(NC(=O)CCCCCN2C(=O)/C(=C/c3cccc([N+](=O)[O-])c3)SC2=S)cc1. The van der Waals surface area contributed by atoms with Crippen LogP contribution in [0.25, 0.3) is 6.08 Å². The van der Waals surface area contributed by atoms with Gasteiger partial charge in [-0.1, -0.05) is 60.2 Å². The number of rotatable bonds is 9. The molecule has 1 heterocycles. The van der Waals surface area contributed by atoms with Crippen molar-refractivity contribution in [3.05, 3.63) is 74.7 Å². The molecule has 0 aliphatic carbocycles. The molecule has 1 aliphatic rings. The number of carbonyl (C=O) groups excluding carboxylic acids is 2. The molecule has 3 rings (SSSR count). The summed E-state index contributed by atoms with van der Waals surface area (Å²) in [7, 11) is 0. The lowest BCUT2D eigenvalue weighted by Gasteiger charge is -2.14. The zero-order chi connectivity index (χ0) is 23.1. The summed E-state index contributed by atoms with van der Waals surface area (Å²) in [5.74, 6) is -0.219. The Kier molecular flexibility index (Phi) is 8.13. The zero-order valence-corrected chi connectivity index (χ0v) is 19.2. The molecule has 0 atom stereocenters. The van der Waals surface area contributed by atoms with Crippen molar-refractivity contribution in [2.75, 3.05) is 11.9 Å². The van der Waals surface area contributed by atoms with Crippen molar-refractivity contribution in [2.45, 2.75) is 32.6 Å². The Bertz CT molecular complexity index is 1070. The van der Waals surface area contributed by atoms with Crippen LogP contribution in [-0.2, 0) is 9.59 Å². The minimum Gasteiger partial charge on any atom is -0.326 e. The number of nitrogens with one attached hydrogen (secondary N) is 1. The molecule has 1 fully saturated rings. The van der Waals surface area contributed by atoms with Crippen molar-refractivity contribution in [3.8, 4) is 0 Å². The first-order valence-electron chi connectivity index (χ1n) is 10.2. The Morgan fingerprint density at radius 2 is 1.94 bits per heavy atom. The van der Waals surface area contributed by atoms with Crippen LogP contribution < -0.4 is 5.32 Å². The summed E-state index contributed by atoms with van der Waals surface area (Å²) in [6, 6.07) is 13.8. The molecular formula is C23H23N3O4S2. The molecule has 32 heavy (non-hydrogen) atoms. The van der Waals surface area contributed by atoms with Crippen molar-refractivity contribution >= 4 is 57.6 Å². The van der Waals surface area contributed by atoms with Crippen LogP contribution in [0, 0.1) is 17.0 Å². The molecule has 0 unspecified atom stereocenters. The monoisotopic (exact) mass is 469 g/mol. The largest absolute Gasteiger partial charge is 0.326 e. The van der Waals surface area contributed by atoms with Crippen LogP contribution in [0.3, 0.4) is 0 Å². The number of non-ortho nitro benzene ring substituents is 1. The fourth-order valence-corrected chi connectivity index (χ4v) is 4.47. The molecule has 0 bridgehead atoms. The molecule has 2 aromatic rings. The summed E-state index contributed by atoms with van der Waals surface area (Å²) in [4.78, 5) is 37.2. The van der Waals surface area contributed by atoms with E-state index < -0.39 is 4.92 Å². The normalized spacial score (nSPS) is 14.8. The lowest BCUT2D eigenvalue weighted by molar-refractivity contribution is -0.384.